The summed E-state index contributed by atoms with van der Waals surface area (Å²) in [6, 6.07) is 8.23. The Balaban J connectivity index is 1.78. The van der Waals surface area contributed by atoms with E-state index >= 15 is 0 Å². The third-order valence-corrected chi connectivity index (χ3v) is 9.83. The van der Waals surface area contributed by atoms with Crippen LogP contribution in [0.5, 0.6) is 0 Å². The molecule has 0 aromatic heterocycles. The Kier molecular flexibility index (Phi) is 10.3. The van der Waals surface area contributed by atoms with E-state index in [1.54, 1.807) is 26.9 Å². The summed E-state index contributed by atoms with van der Waals surface area (Å²) in [7, 11) is 0. The number of carbonyl (C=O) groups excluding carboxylic acids is 3. The van der Waals surface area contributed by atoms with Crippen LogP contribution < -0.4 is 0 Å². The first-order valence-corrected chi connectivity index (χ1v) is 15.7. The maximum absolute atomic E-state index is 14.6. The molecule has 3 amide bonds. The molecule has 0 aliphatic carbocycles. The van der Waals surface area contributed by atoms with Crippen molar-refractivity contribution >= 4 is 17.7 Å². The highest BCUT2D eigenvalue weighted by atomic mass is 16.5. The van der Waals surface area contributed by atoms with E-state index < -0.39 is 35.6 Å². The van der Waals surface area contributed by atoms with Crippen LogP contribution in [0.3, 0.4) is 0 Å². The van der Waals surface area contributed by atoms with Gasteiger partial charge < -0.3 is 24.5 Å². The molecule has 3 aliphatic rings. The number of benzene rings is 1. The summed E-state index contributed by atoms with van der Waals surface area (Å²) in [6.45, 7) is 16.7. The van der Waals surface area contributed by atoms with Crippen LogP contribution in [-0.4, -0.2) is 87.1 Å². The van der Waals surface area contributed by atoms with Gasteiger partial charge in [0.25, 0.3) is 0 Å². The Hall–Kier alpha value is -2.97. The molecule has 8 nitrogen and oxygen atoms in total. The second-order valence-electron chi connectivity index (χ2n) is 12.3. The van der Waals surface area contributed by atoms with E-state index in [1.165, 1.54) is 0 Å². The lowest BCUT2D eigenvalue weighted by atomic mass is 9.70. The minimum Gasteiger partial charge on any atom is -0.394 e. The summed E-state index contributed by atoms with van der Waals surface area (Å²) in [4.78, 5) is 48.7. The Morgan fingerprint density at radius 1 is 1.14 bits per heavy atom. The van der Waals surface area contributed by atoms with Gasteiger partial charge in [0.15, 0.2) is 0 Å². The van der Waals surface area contributed by atoms with Gasteiger partial charge in [-0.25, -0.2) is 0 Å². The molecule has 1 aromatic rings. The molecule has 0 radical (unpaired) electrons. The van der Waals surface area contributed by atoms with Gasteiger partial charge in [0.1, 0.15) is 11.6 Å². The normalized spacial score (nSPS) is 28.2. The maximum atomic E-state index is 14.6. The minimum atomic E-state index is -1.11. The van der Waals surface area contributed by atoms with Crippen molar-refractivity contribution in [3.8, 4) is 0 Å². The summed E-state index contributed by atoms with van der Waals surface area (Å²) < 4.78 is 6.72. The molecule has 230 valence electrons. The predicted molar refractivity (Wildman–Crippen MR) is 163 cm³/mol. The molecule has 1 N–H and O–H groups in total. The molecule has 2 bridgehead atoms. The molecule has 3 unspecified atom stereocenters. The quantitative estimate of drug-likeness (QED) is 0.315. The number of hydrogen-bond acceptors (Lipinski definition) is 5. The molecule has 3 fully saturated rings. The van der Waals surface area contributed by atoms with Crippen LogP contribution in [0.15, 0.2) is 55.6 Å². The van der Waals surface area contributed by atoms with Gasteiger partial charge in [0.05, 0.1) is 30.6 Å². The number of carbonyl (C=O) groups is 3. The number of aliphatic hydroxyl groups is 1. The number of hydrogen-bond donors (Lipinski definition) is 1. The molecule has 1 spiro atoms. The second-order valence-corrected chi connectivity index (χ2v) is 12.3. The zero-order valence-corrected chi connectivity index (χ0v) is 25.8. The number of amides is 3. The molecule has 8 heteroatoms. The third-order valence-electron chi connectivity index (χ3n) is 9.83. The number of aliphatic hydroxyl groups excluding tert-OH is 1. The van der Waals surface area contributed by atoms with Crippen LogP contribution in [0.4, 0.5) is 0 Å². The maximum Gasteiger partial charge on any atom is 0.248 e. The van der Waals surface area contributed by atoms with Crippen molar-refractivity contribution in [1.29, 1.82) is 0 Å². The topological polar surface area (TPSA) is 90.4 Å². The van der Waals surface area contributed by atoms with E-state index in [4.69, 9.17) is 4.74 Å². The van der Waals surface area contributed by atoms with Crippen LogP contribution in [0.2, 0.25) is 0 Å². The Morgan fingerprint density at radius 3 is 2.43 bits per heavy atom. The van der Waals surface area contributed by atoms with Crippen molar-refractivity contribution in [1.82, 2.24) is 14.7 Å². The molecule has 8 atom stereocenters. The van der Waals surface area contributed by atoms with Gasteiger partial charge in [-0.05, 0) is 37.7 Å². The van der Waals surface area contributed by atoms with Crippen LogP contribution in [0, 0.1) is 17.8 Å². The van der Waals surface area contributed by atoms with Crippen molar-refractivity contribution in [2.24, 2.45) is 17.8 Å². The number of rotatable bonds is 15. The molecule has 42 heavy (non-hydrogen) atoms. The van der Waals surface area contributed by atoms with Crippen molar-refractivity contribution in [2.75, 3.05) is 19.7 Å². The number of fused-ring (bicyclic) bond motifs is 1. The predicted octanol–water partition coefficient (Wildman–Crippen LogP) is 4.19. The molecule has 1 aromatic carbocycles. The fourth-order valence-electron chi connectivity index (χ4n) is 7.58. The lowest BCUT2D eigenvalue weighted by molar-refractivity contribution is -0.154. The lowest BCUT2D eigenvalue weighted by Gasteiger charge is -2.42. The SMILES string of the molecule is C=CCN(Cc1ccccc1)C(=O)[C@@H]1[C@H]2C(=O)N([C@@H](CO)[C@@H](C)CC)C(C(=O)N(CC=C)C(C)CCC)C23CC[C@H]1O3. The first kappa shape index (κ1) is 32.0. The fourth-order valence-corrected chi connectivity index (χ4v) is 7.58. The van der Waals surface area contributed by atoms with Crippen LogP contribution in [-0.2, 0) is 25.7 Å². The highest BCUT2D eigenvalue weighted by Gasteiger charge is 2.75. The van der Waals surface area contributed by atoms with E-state index in [2.05, 4.69) is 20.1 Å². The van der Waals surface area contributed by atoms with Crippen LogP contribution in [0.25, 0.3) is 0 Å². The number of likely N-dealkylation sites (tertiary alicyclic amines) is 1. The average Bonchev–Trinajstić information content (AvgIpc) is 3.63. The highest BCUT2D eigenvalue weighted by molar-refractivity contribution is 5.99. The van der Waals surface area contributed by atoms with Crippen LogP contribution in [0.1, 0.15) is 65.4 Å². The van der Waals surface area contributed by atoms with Gasteiger partial charge in [-0.1, -0.05) is 76.1 Å². The largest absolute Gasteiger partial charge is 0.394 e. The third kappa shape index (κ3) is 5.55. The van der Waals surface area contributed by atoms with Crippen molar-refractivity contribution in [3.05, 3.63) is 61.2 Å². The first-order chi connectivity index (χ1) is 20.2. The van der Waals surface area contributed by atoms with Crippen molar-refractivity contribution in [3.63, 3.8) is 0 Å². The summed E-state index contributed by atoms with van der Waals surface area (Å²) >= 11 is 0. The molecule has 4 rings (SSSR count). The van der Waals surface area contributed by atoms with E-state index in [0.29, 0.717) is 32.5 Å². The van der Waals surface area contributed by atoms with E-state index in [1.807, 2.05) is 51.1 Å². The molecular weight excluding hydrogens is 530 g/mol. The minimum absolute atomic E-state index is 0.0490. The van der Waals surface area contributed by atoms with E-state index in [0.717, 1.165) is 24.8 Å². The van der Waals surface area contributed by atoms with Gasteiger partial charge in [-0.2, -0.15) is 0 Å². The average molecular weight is 580 g/mol. The zero-order chi connectivity index (χ0) is 30.6. The standard InChI is InChI=1S/C34H49N3O5/c1-7-14-24(6)36(20-9-3)33(41)30-34-18-17-27(42-34)28(29(34)32(40)37(30)26(22-38)23(5)10-4)31(39)35(19-8-2)21-25-15-12-11-13-16-25/h8-9,11-13,15-16,23-24,26-30,38H,2-3,7,10,14,17-22H2,1,4-6H3/t23-,24?,26-,27+,28-,29-,30?,34?/m0/s1. The zero-order valence-electron chi connectivity index (χ0n) is 25.8. The fraction of sp³-hybridized carbons (Fsp3) is 0.618. The summed E-state index contributed by atoms with van der Waals surface area (Å²) in [5, 5.41) is 10.6. The van der Waals surface area contributed by atoms with Gasteiger partial charge in [0, 0.05) is 25.7 Å². The molecule has 3 saturated heterocycles. The molecule has 3 aliphatic heterocycles. The Morgan fingerprint density at radius 2 is 1.83 bits per heavy atom. The second kappa shape index (κ2) is 13.6. The summed E-state index contributed by atoms with van der Waals surface area (Å²) in [5.74, 6) is -2.13. The number of ether oxygens (including phenoxy) is 1. The van der Waals surface area contributed by atoms with Gasteiger partial charge in [-0.15, -0.1) is 13.2 Å². The first-order valence-electron chi connectivity index (χ1n) is 15.7. The highest BCUT2D eigenvalue weighted by Crippen LogP contribution is 2.59. The molecule has 3 heterocycles. The monoisotopic (exact) mass is 579 g/mol. The van der Waals surface area contributed by atoms with Crippen molar-refractivity contribution < 1.29 is 24.2 Å². The lowest BCUT2D eigenvalue weighted by Crippen LogP contribution is -2.60. The van der Waals surface area contributed by atoms with Crippen LogP contribution >= 0.6 is 0 Å². The Bertz CT molecular complexity index is 1140. The molecule has 0 saturated carbocycles. The Labute approximate surface area is 251 Å². The van der Waals surface area contributed by atoms with Crippen molar-refractivity contribution in [2.45, 2.75) is 96.2 Å². The van der Waals surface area contributed by atoms with E-state index in [-0.39, 0.29) is 36.3 Å². The molecular formula is C34H49N3O5. The van der Waals surface area contributed by atoms with Gasteiger partial charge in [0.2, 0.25) is 17.7 Å². The van der Waals surface area contributed by atoms with Gasteiger partial charge in [-0.3, -0.25) is 14.4 Å². The van der Waals surface area contributed by atoms with Gasteiger partial charge >= 0.3 is 0 Å². The van der Waals surface area contributed by atoms with E-state index in [9.17, 15) is 19.5 Å². The smallest absolute Gasteiger partial charge is 0.248 e. The number of nitrogens with zero attached hydrogens (tertiary/aromatic N) is 3. The summed E-state index contributed by atoms with van der Waals surface area (Å²) in [6.07, 6.45) is 6.55. The summed E-state index contributed by atoms with van der Waals surface area (Å²) in [5.41, 5.74) is -0.126.